The molecule has 0 bridgehead atoms. The van der Waals surface area contributed by atoms with Crippen LogP contribution >= 0.6 is 0 Å². The van der Waals surface area contributed by atoms with Crippen LogP contribution in [0.25, 0.3) is 87.3 Å². The van der Waals surface area contributed by atoms with Crippen LogP contribution in [0.1, 0.15) is 32.9 Å². The molecule has 1 aromatic heterocycles. The van der Waals surface area contributed by atoms with Crippen molar-refractivity contribution in [3.63, 3.8) is 0 Å². The molecule has 0 aliphatic heterocycles. The van der Waals surface area contributed by atoms with Gasteiger partial charge in [0, 0.05) is 16.3 Å². The van der Waals surface area contributed by atoms with Gasteiger partial charge in [-0.1, -0.05) is 127 Å². The first kappa shape index (κ1) is 9.33. The van der Waals surface area contributed by atoms with E-state index in [0.717, 1.165) is 0 Å². The Morgan fingerprint density at radius 2 is 1.05 bits per heavy atom. The molecule has 0 spiro atoms. The van der Waals surface area contributed by atoms with Gasteiger partial charge in [-0.15, -0.1) is 0 Å². The monoisotopic (exact) mass is 544 g/mol. The number of hydrogen-bond donors (Lipinski definition) is 0. The molecule has 0 saturated carbocycles. The van der Waals surface area contributed by atoms with Gasteiger partial charge in [0.25, 0.3) is 0 Å². The van der Waals surface area contributed by atoms with Crippen molar-refractivity contribution in [1.29, 1.82) is 0 Å². The number of benzene rings is 8. The summed E-state index contributed by atoms with van der Waals surface area (Å²) >= 11 is 0. The average Bonchev–Trinajstić information content (AvgIpc) is 3.67. The second-order valence-electron chi connectivity index (χ2n) is 9.01. The van der Waals surface area contributed by atoms with Gasteiger partial charge >= 0.3 is 0 Å². The van der Waals surface area contributed by atoms with Gasteiger partial charge in [-0.2, -0.15) is 0 Å². The van der Waals surface area contributed by atoms with Crippen molar-refractivity contribution in [2.45, 2.75) is 0 Å². The predicted molar refractivity (Wildman–Crippen MR) is 175 cm³/mol. The van der Waals surface area contributed by atoms with E-state index in [9.17, 15) is 6.85 Å². The fraction of sp³-hybridized carbons (Fsp3) is 0. The Balaban J connectivity index is 1.71. The van der Waals surface area contributed by atoms with Crippen LogP contribution in [0.15, 0.2) is 149 Å². The van der Waals surface area contributed by atoms with Crippen molar-refractivity contribution >= 4 is 65.0 Å². The first-order valence-electron chi connectivity index (χ1n) is 24.2. The van der Waals surface area contributed by atoms with Gasteiger partial charge in [-0.25, -0.2) is 0 Å². The normalized spacial score (nSPS) is 20.1. The molecule has 0 aliphatic rings. The molecule has 0 unspecified atom stereocenters. The van der Waals surface area contributed by atoms with Crippen LogP contribution in [0.4, 0.5) is 0 Å². The molecule has 9 aromatic rings. The van der Waals surface area contributed by atoms with E-state index in [-0.39, 0.29) is 0 Å². The molecule has 0 atom stereocenters. The molecule has 9 rings (SSSR count). The van der Waals surface area contributed by atoms with Gasteiger partial charge in [0.1, 0.15) is 11.2 Å². The molecule has 41 heavy (non-hydrogen) atoms. The molecule has 190 valence electrons. The lowest BCUT2D eigenvalue weighted by molar-refractivity contribution is 0.670. The zero-order valence-corrected chi connectivity index (χ0v) is 20.4. The predicted octanol–water partition coefficient (Wildman–Crippen LogP) is 11.5. The third kappa shape index (κ3) is 3.24. The summed E-state index contributed by atoms with van der Waals surface area (Å²) in [5.74, 6) is 0. The Bertz CT molecular complexity index is 3790. The van der Waals surface area contributed by atoms with Crippen LogP contribution < -0.4 is 0 Å². The van der Waals surface area contributed by atoms with Gasteiger partial charge in [0.15, 0.2) is 0 Å². The average molecular weight is 545 g/mol. The largest absolute Gasteiger partial charge is 0.455 e. The molecular formula is C40H24O. The lowest BCUT2D eigenvalue weighted by Crippen LogP contribution is -1.88. The molecule has 0 fully saturated rings. The van der Waals surface area contributed by atoms with Gasteiger partial charge in [0.2, 0.25) is 0 Å². The van der Waals surface area contributed by atoms with Crippen LogP contribution in [-0.4, -0.2) is 0 Å². The number of fused-ring (bicyclic) bond motifs is 8. The minimum atomic E-state index is -0.936. The minimum Gasteiger partial charge on any atom is -0.455 e. The van der Waals surface area contributed by atoms with Crippen LogP contribution in [0.5, 0.6) is 0 Å². The molecule has 0 saturated heterocycles. The summed E-state index contributed by atoms with van der Waals surface area (Å²) in [7, 11) is 0. The molecule has 1 nitrogen and oxygen atoms in total. The SMILES string of the molecule is [2H]c1c([2H])c([2H])c(-c2c3oc4c([2H])c([2H])c([2H])c(-c5c6c([2H])c([2H])c([2H])c([2H])c6c([2H])c6c5c([2H])c([2H])c5c([2H])c([2H])c([2H])c([2H])c56)c4c3c([2H])c3c([2H])c([2H])c([2H])c([2H])c23)c([2H])c1[2H]. The fourth-order valence-corrected chi connectivity index (χ4v) is 5.21. The maximum atomic E-state index is 9.67. The highest BCUT2D eigenvalue weighted by molar-refractivity contribution is 6.27. The van der Waals surface area contributed by atoms with E-state index in [0.29, 0.717) is 0 Å². The van der Waals surface area contributed by atoms with E-state index in [4.69, 9.17) is 30.5 Å². The van der Waals surface area contributed by atoms with Gasteiger partial charge in [-0.3, -0.25) is 0 Å². The van der Waals surface area contributed by atoms with E-state index in [1.54, 1.807) is 0 Å². The summed E-state index contributed by atoms with van der Waals surface area (Å²) < 4.78 is 220. The van der Waals surface area contributed by atoms with Crippen LogP contribution in [0.3, 0.4) is 0 Å². The van der Waals surface area contributed by atoms with E-state index < -0.39 is 232 Å². The Hall–Kier alpha value is -5.40. The van der Waals surface area contributed by atoms with Crippen molar-refractivity contribution in [3.05, 3.63) is 145 Å². The Labute approximate surface area is 270 Å². The third-order valence-corrected chi connectivity index (χ3v) is 6.87. The maximum Gasteiger partial charge on any atom is 0.143 e. The van der Waals surface area contributed by atoms with E-state index in [1.807, 2.05) is 0 Å². The third-order valence-electron chi connectivity index (χ3n) is 6.87. The molecule has 8 aromatic carbocycles. The lowest BCUT2D eigenvalue weighted by atomic mass is 9.87. The Kier molecular flexibility index (Phi) is 1.94. The van der Waals surface area contributed by atoms with Gasteiger partial charge in [0.05, 0.1) is 32.9 Å². The highest BCUT2D eigenvalue weighted by Crippen LogP contribution is 2.47. The van der Waals surface area contributed by atoms with E-state index >= 15 is 0 Å². The Morgan fingerprint density at radius 1 is 0.415 bits per heavy atom. The Morgan fingerprint density at radius 3 is 1.83 bits per heavy atom. The second-order valence-corrected chi connectivity index (χ2v) is 9.01. The molecule has 1 heteroatoms. The van der Waals surface area contributed by atoms with Crippen LogP contribution in [-0.2, 0) is 0 Å². The van der Waals surface area contributed by atoms with Gasteiger partial charge < -0.3 is 4.42 Å². The maximum absolute atomic E-state index is 9.67. The first-order chi connectivity index (χ1) is 30.3. The highest BCUT2D eigenvalue weighted by atomic mass is 16.3. The number of furan rings is 1. The van der Waals surface area contributed by atoms with E-state index in [2.05, 4.69) is 0 Å². The lowest BCUT2D eigenvalue weighted by Gasteiger charge is -2.15. The van der Waals surface area contributed by atoms with Crippen LogP contribution in [0.2, 0.25) is 0 Å². The summed E-state index contributed by atoms with van der Waals surface area (Å²) in [6, 6.07) is -20.4. The zero-order chi connectivity index (χ0) is 47.8. The number of rotatable bonds is 2. The van der Waals surface area contributed by atoms with Crippen molar-refractivity contribution < 1.29 is 37.3 Å². The molecule has 0 aliphatic carbocycles. The summed E-state index contributed by atoms with van der Waals surface area (Å²) in [5.41, 5.74) is -3.81. The summed E-state index contributed by atoms with van der Waals surface area (Å²) in [6.07, 6.45) is 0. The molecular weight excluding hydrogens is 496 g/mol. The molecule has 1 heterocycles. The fourth-order valence-electron chi connectivity index (χ4n) is 5.21. The minimum absolute atomic E-state index is 0.512. The highest BCUT2D eigenvalue weighted by Gasteiger charge is 2.21. The molecule has 0 amide bonds. The standard InChI is InChI=1S/C40H24O/c1-2-12-26(13-3-1)37-30-17-8-5-15-28(30)24-35-39-33(19-10-20-36(39)41-40(35)37)38-31-18-9-6-14-27(31)23-34-29-16-7-4-11-25(29)21-22-32(34)38/h1-24H/i1D,2D,3D,4D,5D,6D,7D,8D,9D,10D,11D,12D,13D,14D,15D,16D,17D,18D,19D,20D,21D,22D,23D,24D. The first-order valence-corrected chi connectivity index (χ1v) is 12.2. The topological polar surface area (TPSA) is 13.1 Å². The van der Waals surface area contributed by atoms with Crippen molar-refractivity contribution in [2.75, 3.05) is 0 Å². The van der Waals surface area contributed by atoms with Crippen molar-refractivity contribution in [3.8, 4) is 22.3 Å². The van der Waals surface area contributed by atoms with E-state index in [1.165, 1.54) is 0 Å². The summed E-state index contributed by atoms with van der Waals surface area (Å²) in [5, 5.41) is -5.58. The smallest absolute Gasteiger partial charge is 0.143 e. The molecule has 0 N–H and O–H groups in total. The van der Waals surface area contributed by atoms with Gasteiger partial charge in [-0.05, 0) is 77.9 Å². The van der Waals surface area contributed by atoms with Crippen molar-refractivity contribution in [1.82, 2.24) is 0 Å². The summed E-state index contributed by atoms with van der Waals surface area (Å²) in [4.78, 5) is 0. The quantitative estimate of drug-likeness (QED) is 0.156. The van der Waals surface area contributed by atoms with Crippen LogP contribution in [0, 0.1) is 0 Å². The van der Waals surface area contributed by atoms with Crippen molar-refractivity contribution in [2.24, 2.45) is 0 Å². The number of hydrogen-bond acceptors (Lipinski definition) is 1. The zero-order valence-electron chi connectivity index (χ0n) is 44.4. The molecule has 0 radical (unpaired) electrons. The summed E-state index contributed by atoms with van der Waals surface area (Å²) in [6.45, 7) is 0. The second kappa shape index (κ2) is 8.55.